The predicted molar refractivity (Wildman–Crippen MR) is 73.9 cm³/mol. The van der Waals surface area contributed by atoms with Crippen LogP contribution in [0.4, 0.5) is 0 Å². The van der Waals surface area contributed by atoms with Crippen LogP contribution in [-0.4, -0.2) is 38.0 Å². The van der Waals surface area contributed by atoms with Crippen molar-refractivity contribution < 1.29 is 9.47 Å². The van der Waals surface area contributed by atoms with Crippen LogP contribution in [0.5, 0.6) is 0 Å². The SMILES string of the molecule is CCCNCC1(OC2CCOCC2)CCCCC1. The Hall–Kier alpha value is -0.120. The van der Waals surface area contributed by atoms with Gasteiger partial charge in [-0.05, 0) is 38.6 Å². The van der Waals surface area contributed by atoms with Crippen molar-refractivity contribution in [3.05, 3.63) is 0 Å². The van der Waals surface area contributed by atoms with E-state index in [4.69, 9.17) is 9.47 Å². The summed E-state index contributed by atoms with van der Waals surface area (Å²) < 4.78 is 11.9. The molecule has 2 fully saturated rings. The second kappa shape index (κ2) is 7.46. The standard InChI is InChI=1S/C15H29NO2/c1-2-10-16-13-15(8-4-3-5-9-15)18-14-6-11-17-12-7-14/h14,16H,2-13H2,1H3. The molecule has 106 valence electrons. The van der Waals surface area contributed by atoms with Crippen molar-refractivity contribution in [1.82, 2.24) is 5.32 Å². The third kappa shape index (κ3) is 4.22. The molecule has 1 aliphatic carbocycles. The molecule has 0 aromatic heterocycles. The van der Waals surface area contributed by atoms with Gasteiger partial charge in [0.1, 0.15) is 0 Å². The van der Waals surface area contributed by atoms with Crippen molar-refractivity contribution in [3.8, 4) is 0 Å². The van der Waals surface area contributed by atoms with Crippen molar-refractivity contribution in [3.63, 3.8) is 0 Å². The highest BCUT2D eigenvalue weighted by atomic mass is 16.5. The van der Waals surface area contributed by atoms with Gasteiger partial charge in [-0.2, -0.15) is 0 Å². The monoisotopic (exact) mass is 255 g/mol. The fourth-order valence-electron chi connectivity index (χ4n) is 3.17. The minimum absolute atomic E-state index is 0.120. The molecule has 0 aromatic carbocycles. The van der Waals surface area contributed by atoms with Crippen LogP contribution < -0.4 is 5.32 Å². The largest absolute Gasteiger partial charge is 0.381 e. The summed E-state index contributed by atoms with van der Waals surface area (Å²) >= 11 is 0. The molecule has 0 amide bonds. The van der Waals surface area contributed by atoms with Crippen LogP contribution in [0.1, 0.15) is 58.3 Å². The summed E-state index contributed by atoms with van der Waals surface area (Å²) in [6.45, 7) is 6.13. The zero-order valence-electron chi connectivity index (χ0n) is 11.9. The molecule has 1 saturated carbocycles. The first kappa shape index (κ1) is 14.3. The first-order valence-corrected chi connectivity index (χ1v) is 7.81. The highest BCUT2D eigenvalue weighted by molar-refractivity contribution is 4.88. The van der Waals surface area contributed by atoms with Gasteiger partial charge in [0.05, 0.1) is 11.7 Å². The molecule has 0 atom stereocenters. The number of nitrogens with one attached hydrogen (secondary N) is 1. The van der Waals surface area contributed by atoms with E-state index in [9.17, 15) is 0 Å². The van der Waals surface area contributed by atoms with E-state index < -0.39 is 0 Å². The highest BCUT2D eigenvalue weighted by Crippen LogP contribution is 2.33. The van der Waals surface area contributed by atoms with Gasteiger partial charge < -0.3 is 14.8 Å². The molecule has 0 bridgehead atoms. The molecule has 1 heterocycles. The summed E-state index contributed by atoms with van der Waals surface area (Å²) in [7, 11) is 0. The molecule has 2 aliphatic rings. The van der Waals surface area contributed by atoms with Crippen LogP contribution in [0.15, 0.2) is 0 Å². The zero-order chi connectivity index (χ0) is 12.7. The van der Waals surface area contributed by atoms with Gasteiger partial charge in [-0.1, -0.05) is 26.2 Å². The second-order valence-corrected chi connectivity index (χ2v) is 5.85. The van der Waals surface area contributed by atoms with Crippen molar-refractivity contribution >= 4 is 0 Å². The fourth-order valence-corrected chi connectivity index (χ4v) is 3.17. The first-order chi connectivity index (χ1) is 8.85. The van der Waals surface area contributed by atoms with E-state index in [1.165, 1.54) is 38.5 Å². The maximum Gasteiger partial charge on any atom is 0.0810 e. The Kier molecular flexibility index (Phi) is 5.93. The van der Waals surface area contributed by atoms with E-state index in [2.05, 4.69) is 12.2 Å². The number of ether oxygens (including phenoxy) is 2. The van der Waals surface area contributed by atoms with E-state index >= 15 is 0 Å². The Bertz CT molecular complexity index is 221. The number of hydrogen-bond acceptors (Lipinski definition) is 3. The Morgan fingerprint density at radius 1 is 1.17 bits per heavy atom. The van der Waals surface area contributed by atoms with Gasteiger partial charge in [-0.15, -0.1) is 0 Å². The van der Waals surface area contributed by atoms with Crippen LogP contribution in [0.2, 0.25) is 0 Å². The Morgan fingerprint density at radius 2 is 1.89 bits per heavy atom. The topological polar surface area (TPSA) is 30.5 Å². The van der Waals surface area contributed by atoms with E-state index in [0.717, 1.165) is 39.1 Å². The Labute approximate surface area is 112 Å². The van der Waals surface area contributed by atoms with Crippen LogP contribution >= 0.6 is 0 Å². The van der Waals surface area contributed by atoms with Gasteiger partial charge in [0.15, 0.2) is 0 Å². The Balaban J connectivity index is 1.85. The maximum absolute atomic E-state index is 6.52. The number of hydrogen-bond donors (Lipinski definition) is 1. The molecule has 0 aromatic rings. The van der Waals surface area contributed by atoms with Crippen molar-refractivity contribution in [2.45, 2.75) is 70.0 Å². The molecule has 1 aliphatic heterocycles. The van der Waals surface area contributed by atoms with Gasteiger partial charge in [-0.25, -0.2) is 0 Å². The molecule has 3 heteroatoms. The lowest BCUT2D eigenvalue weighted by Gasteiger charge is -2.41. The van der Waals surface area contributed by atoms with Crippen molar-refractivity contribution in [2.75, 3.05) is 26.3 Å². The fraction of sp³-hybridized carbons (Fsp3) is 1.00. The molecule has 0 radical (unpaired) electrons. The minimum Gasteiger partial charge on any atom is -0.381 e. The summed E-state index contributed by atoms with van der Waals surface area (Å²) in [6.07, 6.45) is 10.3. The normalized spacial score (nSPS) is 25.2. The van der Waals surface area contributed by atoms with E-state index in [0.29, 0.717) is 6.10 Å². The molecular formula is C15H29NO2. The first-order valence-electron chi connectivity index (χ1n) is 7.81. The lowest BCUT2D eigenvalue weighted by atomic mass is 9.84. The molecule has 0 spiro atoms. The van der Waals surface area contributed by atoms with E-state index in [-0.39, 0.29) is 5.60 Å². The van der Waals surface area contributed by atoms with Gasteiger partial charge in [0.2, 0.25) is 0 Å². The maximum atomic E-state index is 6.52. The second-order valence-electron chi connectivity index (χ2n) is 5.85. The summed E-state index contributed by atoms with van der Waals surface area (Å²) in [5.41, 5.74) is 0.120. The summed E-state index contributed by atoms with van der Waals surface area (Å²) in [5, 5.41) is 3.58. The third-order valence-corrected chi connectivity index (χ3v) is 4.22. The lowest BCUT2D eigenvalue weighted by molar-refractivity contribution is -0.138. The number of rotatable bonds is 6. The minimum atomic E-state index is 0.120. The van der Waals surface area contributed by atoms with Gasteiger partial charge >= 0.3 is 0 Å². The van der Waals surface area contributed by atoms with E-state index in [1.54, 1.807) is 0 Å². The molecule has 0 unspecified atom stereocenters. The third-order valence-electron chi connectivity index (χ3n) is 4.22. The van der Waals surface area contributed by atoms with Crippen LogP contribution in [0, 0.1) is 0 Å². The summed E-state index contributed by atoms with van der Waals surface area (Å²) in [6, 6.07) is 0. The molecule has 2 rings (SSSR count). The van der Waals surface area contributed by atoms with Crippen LogP contribution in [0.25, 0.3) is 0 Å². The average molecular weight is 255 g/mol. The van der Waals surface area contributed by atoms with E-state index in [1.807, 2.05) is 0 Å². The highest BCUT2D eigenvalue weighted by Gasteiger charge is 2.35. The van der Waals surface area contributed by atoms with Crippen molar-refractivity contribution in [2.24, 2.45) is 0 Å². The molecule has 1 N–H and O–H groups in total. The quantitative estimate of drug-likeness (QED) is 0.740. The summed E-state index contributed by atoms with van der Waals surface area (Å²) in [5.74, 6) is 0. The average Bonchev–Trinajstić information content (AvgIpc) is 2.41. The van der Waals surface area contributed by atoms with Crippen LogP contribution in [0.3, 0.4) is 0 Å². The van der Waals surface area contributed by atoms with Gasteiger partial charge in [0, 0.05) is 19.8 Å². The lowest BCUT2D eigenvalue weighted by Crippen LogP contribution is -2.48. The van der Waals surface area contributed by atoms with Gasteiger partial charge in [0.25, 0.3) is 0 Å². The van der Waals surface area contributed by atoms with Crippen LogP contribution in [-0.2, 0) is 9.47 Å². The predicted octanol–water partition coefficient (Wildman–Crippen LogP) is 2.88. The Morgan fingerprint density at radius 3 is 2.56 bits per heavy atom. The van der Waals surface area contributed by atoms with Gasteiger partial charge in [-0.3, -0.25) is 0 Å². The smallest absolute Gasteiger partial charge is 0.0810 e. The zero-order valence-corrected chi connectivity index (χ0v) is 11.9. The molecule has 1 saturated heterocycles. The van der Waals surface area contributed by atoms with Crippen molar-refractivity contribution in [1.29, 1.82) is 0 Å². The molecular weight excluding hydrogens is 226 g/mol. The molecule has 18 heavy (non-hydrogen) atoms. The summed E-state index contributed by atoms with van der Waals surface area (Å²) in [4.78, 5) is 0. The molecule has 3 nitrogen and oxygen atoms in total.